The van der Waals surface area contributed by atoms with Gasteiger partial charge in [0, 0.05) is 19.5 Å². The van der Waals surface area contributed by atoms with Gasteiger partial charge in [-0.15, -0.1) is 0 Å². The molecule has 5 heteroatoms. The molecule has 0 N–H and O–H groups in total. The summed E-state index contributed by atoms with van der Waals surface area (Å²) in [5, 5.41) is 0. The number of benzene rings is 1. The third kappa shape index (κ3) is 4.73. The van der Waals surface area contributed by atoms with Crippen LogP contribution in [-0.4, -0.2) is 43.6 Å². The molecule has 2 rings (SSSR count). The number of methoxy groups -OCH3 is 1. The molecular weight excluding hydrogens is 306 g/mol. The highest BCUT2D eigenvalue weighted by atomic mass is 16.5. The molecule has 1 unspecified atom stereocenters. The fourth-order valence-corrected chi connectivity index (χ4v) is 3.08. The molecule has 0 spiro atoms. The number of carbonyl (C=O) groups excluding carboxylic acids is 2. The van der Waals surface area contributed by atoms with E-state index in [2.05, 4.69) is 6.92 Å². The van der Waals surface area contributed by atoms with Gasteiger partial charge >= 0.3 is 5.97 Å². The molecule has 1 aliphatic rings. The predicted octanol–water partition coefficient (Wildman–Crippen LogP) is 2.99. The van der Waals surface area contributed by atoms with Crippen molar-refractivity contribution in [1.29, 1.82) is 0 Å². The number of hydrogen-bond acceptors (Lipinski definition) is 4. The van der Waals surface area contributed by atoms with E-state index >= 15 is 0 Å². The second-order valence-corrected chi connectivity index (χ2v) is 6.29. The van der Waals surface area contributed by atoms with Crippen LogP contribution in [0.1, 0.15) is 44.6 Å². The molecule has 0 bridgehead atoms. The number of esters is 1. The van der Waals surface area contributed by atoms with E-state index in [-0.39, 0.29) is 23.7 Å². The van der Waals surface area contributed by atoms with Gasteiger partial charge in [0.25, 0.3) is 0 Å². The zero-order valence-electron chi connectivity index (χ0n) is 14.8. The van der Waals surface area contributed by atoms with Crippen molar-refractivity contribution < 1.29 is 19.1 Å². The second kappa shape index (κ2) is 8.71. The number of rotatable bonds is 6. The fraction of sp³-hybridized carbons (Fsp3) is 0.579. The molecule has 1 aliphatic heterocycles. The van der Waals surface area contributed by atoms with Crippen LogP contribution in [0.3, 0.4) is 0 Å². The van der Waals surface area contributed by atoms with Gasteiger partial charge < -0.3 is 14.4 Å². The first-order valence-corrected chi connectivity index (χ1v) is 8.63. The number of ether oxygens (including phenoxy) is 2. The van der Waals surface area contributed by atoms with Gasteiger partial charge in [-0.05, 0) is 43.4 Å². The summed E-state index contributed by atoms with van der Waals surface area (Å²) in [6, 6.07) is 7.84. The molecule has 1 aromatic carbocycles. The maximum atomic E-state index is 12.5. The molecule has 24 heavy (non-hydrogen) atoms. The van der Waals surface area contributed by atoms with Crippen molar-refractivity contribution >= 4 is 11.9 Å². The summed E-state index contributed by atoms with van der Waals surface area (Å²) in [5.74, 6) is 0.893. The molecule has 1 heterocycles. The Bertz CT molecular complexity index is 564. The molecule has 132 valence electrons. The van der Waals surface area contributed by atoms with Gasteiger partial charge in [-0.1, -0.05) is 19.1 Å². The molecule has 5 nitrogen and oxygen atoms in total. The van der Waals surface area contributed by atoms with Crippen molar-refractivity contribution in [2.24, 2.45) is 5.92 Å². The molecule has 0 aromatic heterocycles. The summed E-state index contributed by atoms with van der Waals surface area (Å²) in [6.07, 6.45) is 1.85. The molecule has 1 saturated heterocycles. The Hall–Kier alpha value is -2.04. The number of nitrogens with zero attached hydrogens (tertiary/aromatic N) is 1. The molecule has 0 saturated carbocycles. The van der Waals surface area contributed by atoms with Crippen LogP contribution in [0.5, 0.6) is 5.75 Å². The van der Waals surface area contributed by atoms with Crippen molar-refractivity contribution in [2.45, 2.75) is 39.0 Å². The van der Waals surface area contributed by atoms with Gasteiger partial charge in [0.1, 0.15) is 5.75 Å². The van der Waals surface area contributed by atoms with E-state index in [0.717, 1.165) is 11.3 Å². The Morgan fingerprint density at radius 2 is 2.00 bits per heavy atom. The first-order valence-electron chi connectivity index (χ1n) is 8.63. The molecule has 1 fully saturated rings. The van der Waals surface area contributed by atoms with Crippen molar-refractivity contribution in [3.63, 3.8) is 0 Å². The molecule has 1 aromatic rings. The lowest BCUT2D eigenvalue weighted by Crippen LogP contribution is -2.41. The van der Waals surface area contributed by atoms with Crippen LogP contribution >= 0.6 is 0 Å². The van der Waals surface area contributed by atoms with Crippen LogP contribution in [0.2, 0.25) is 0 Å². The summed E-state index contributed by atoms with van der Waals surface area (Å²) in [6.45, 7) is 5.55. The zero-order chi connectivity index (χ0) is 17.5. The second-order valence-electron chi connectivity index (χ2n) is 6.29. The van der Waals surface area contributed by atoms with E-state index in [0.29, 0.717) is 39.0 Å². The lowest BCUT2D eigenvalue weighted by Gasteiger charge is -2.31. The maximum Gasteiger partial charge on any atom is 0.309 e. The Kier molecular flexibility index (Phi) is 6.64. The van der Waals surface area contributed by atoms with Crippen LogP contribution in [0.25, 0.3) is 0 Å². The minimum atomic E-state index is -0.130. The van der Waals surface area contributed by atoms with E-state index in [1.165, 1.54) is 0 Å². The zero-order valence-corrected chi connectivity index (χ0v) is 14.8. The Morgan fingerprint density at radius 3 is 2.62 bits per heavy atom. The molecule has 1 atom stereocenters. The molecule has 1 amide bonds. The average Bonchev–Trinajstić information content (AvgIpc) is 2.62. The topological polar surface area (TPSA) is 55.8 Å². The third-order valence-electron chi connectivity index (χ3n) is 4.61. The van der Waals surface area contributed by atoms with Crippen molar-refractivity contribution in [3.05, 3.63) is 29.8 Å². The quantitative estimate of drug-likeness (QED) is 0.751. The van der Waals surface area contributed by atoms with Gasteiger partial charge in [-0.2, -0.15) is 0 Å². The van der Waals surface area contributed by atoms with Gasteiger partial charge in [0.2, 0.25) is 5.91 Å². The number of hydrogen-bond donors (Lipinski definition) is 0. The molecule has 0 aliphatic carbocycles. The maximum absolute atomic E-state index is 12.5. The Labute approximate surface area is 143 Å². The van der Waals surface area contributed by atoms with Crippen LogP contribution in [0.15, 0.2) is 24.3 Å². The number of piperidine rings is 1. The predicted molar refractivity (Wildman–Crippen MR) is 92.0 cm³/mol. The van der Waals surface area contributed by atoms with E-state index in [1.807, 2.05) is 36.1 Å². The lowest BCUT2D eigenvalue weighted by molar-refractivity contribution is -0.151. The third-order valence-corrected chi connectivity index (χ3v) is 4.61. The highest BCUT2D eigenvalue weighted by molar-refractivity contribution is 5.78. The fourth-order valence-electron chi connectivity index (χ4n) is 3.08. The van der Waals surface area contributed by atoms with E-state index in [1.54, 1.807) is 7.11 Å². The first-order chi connectivity index (χ1) is 11.5. The number of likely N-dealkylation sites (tertiary alicyclic amines) is 1. The van der Waals surface area contributed by atoms with Crippen LogP contribution in [-0.2, 0) is 14.3 Å². The van der Waals surface area contributed by atoms with Gasteiger partial charge in [-0.25, -0.2) is 0 Å². The van der Waals surface area contributed by atoms with Crippen molar-refractivity contribution in [1.82, 2.24) is 4.90 Å². The van der Waals surface area contributed by atoms with Gasteiger partial charge in [0.05, 0.1) is 19.6 Å². The summed E-state index contributed by atoms with van der Waals surface area (Å²) < 4.78 is 10.3. The largest absolute Gasteiger partial charge is 0.497 e. The normalized spacial score (nSPS) is 16.5. The van der Waals surface area contributed by atoms with Gasteiger partial charge in [-0.3, -0.25) is 9.59 Å². The van der Waals surface area contributed by atoms with Crippen molar-refractivity contribution in [2.75, 3.05) is 26.8 Å². The number of carbonyl (C=O) groups is 2. The van der Waals surface area contributed by atoms with Crippen LogP contribution in [0, 0.1) is 5.92 Å². The summed E-state index contributed by atoms with van der Waals surface area (Å²) in [5.41, 5.74) is 1.10. The summed E-state index contributed by atoms with van der Waals surface area (Å²) in [7, 11) is 1.64. The summed E-state index contributed by atoms with van der Waals surface area (Å²) >= 11 is 0. The van der Waals surface area contributed by atoms with E-state index < -0.39 is 0 Å². The molecular formula is C19H27NO4. The SMILES string of the molecule is CCOC(=O)C1CCN(C(=O)CC(C)c2cccc(OC)c2)CC1. The highest BCUT2D eigenvalue weighted by Crippen LogP contribution is 2.25. The minimum Gasteiger partial charge on any atom is -0.497 e. The highest BCUT2D eigenvalue weighted by Gasteiger charge is 2.28. The lowest BCUT2D eigenvalue weighted by atomic mass is 9.94. The van der Waals surface area contributed by atoms with Crippen LogP contribution < -0.4 is 4.74 Å². The van der Waals surface area contributed by atoms with Crippen LogP contribution in [0.4, 0.5) is 0 Å². The smallest absolute Gasteiger partial charge is 0.309 e. The van der Waals surface area contributed by atoms with Crippen molar-refractivity contribution in [3.8, 4) is 5.75 Å². The average molecular weight is 333 g/mol. The number of amides is 1. The monoisotopic (exact) mass is 333 g/mol. The Morgan fingerprint density at radius 1 is 1.29 bits per heavy atom. The minimum absolute atomic E-state index is 0.0650. The first kappa shape index (κ1) is 18.3. The Balaban J connectivity index is 1.85. The van der Waals surface area contributed by atoms with E-state index in [9.17, 15) is 9.59 Å². The van der Waals surface area contributed by atoms with Gasteiger partial charge in [0.15, 0.2) is 0 Å². The summed E-state index contributed by atoms with van der Waals surface area (Å²) in [4.78, 5) is 26.1. The standard InChI is InChI=1S/C19H27NO4/c1-4-24-19(22)15-8-10-20(11-9-15)18(21)12-14(2)16-6-5-7-17(13-16)23-3/h5-7,13-15H,4,8-12H2,1-3H3. The van der Waals surface area contributed by atoms with E-state index in [4.69, 9.17) is 9.47 Å². The molecule has 0 radical (unpaired) electrons.